The number of halogens is 1. The number of thioether (sulfide) groups is 1. The third kappa shape index (κ3) is 6.49. The van der Waals surface area contributed by atoms with Gasteiger partial charge in [-0.05, 0) is 24.8 Å². The van der Waals surface area contributed by atoms with E-state index >= 15 is 0 Å². The van der Waals surface area contributed by atoms with Crippen LogP contribution in [-0.4, -0.2) is 35.0 Å². The third-order valence-electron chi connectivity index (χ3n) is 3.92. The molecule has 1 amide bonds. The molecule has 1 N–H and O–H groups in total. The second-order valence-corrected chi connectivity index (χ2v) is 8.15. The van der Waals surface area contributed by atoms with Gasteiger partial charge >= 0.3 is 5.97 Å². The van der Waals surface area contributed by atoms with Crippen molar-refractivity contribution in [2.45, 2.75) is 44.1 Å². The summed E-state index contributed by atoms with van der Waals surface area (Å²) in [5.74, 6) is -0.158. The fraction of sp³-hybridized carbons (Fsp3) is 0.400. The smallest absolute Gasteiger partial charge is 0.328 e. The average molecular weight is 422 g/mol. The summed E-state index contributed by atoms with van der Waals surface area (Å²) < 4.78 is 4.78. The molecule has 0 aliphatic heterocycles. The predicted octanol–water partition coefficient (Wildman–Crippen LogP) is 4.05. The van der Waals surface area contributed by atoms with Gasteiger partial charge in [0.05, 0.1) is 18.3 Å². The number of methoxy groups -OCH3 is 1. The number of nitrogens with one attached hydrogen (secondary N) is 1. The van der Waals surface area contributed by atoms with E-state index in [9.17, 15) is 9.59 Å². The summed E-state index contributed by atoms with van der Waals surface area (Å²) >= 11 is 7.52. The maximum absolute atomic E-state index is 12.6. The molecule has 1 aromatic carbocycles. The van der Waals surface area contributed by atoms with Crippen molar-refractivity contribution in [3.63, 3.8) is 0 Å². The molecule has 0 bridgehead atoms. The largest absolute Gasteiger partial charge is 0.467 e. The van der Waals surface area contributed by atoms with Crippen LogP contribution in [-0.2, 0) is 15.3 Å². The molecular weight excluding hydrogens is 398 g/mol. The number of amides is 1. The van der Waals surface area contributed by atoms with Crippen LogP contribution in [0.1, 0.15) is 41.9 Å². The Balaban J connectivity index is 2.11. The van der Waals surface area contributed by atoms with Crippen LogP contribution >= 0.6 is 23.4 Å². The first-order valence-electron chi connectivity index (χ1n) is 8.89. The number of carbonyl (C=O) groups excluding carboxylic acids is 2. The van der Waals surface area contributed by atoms with Crippen molar-refractivity contribution >= 4 is 35.2 Å². The standard InChI is InChI=1S/C20H24ClN3O3S/c1-12(2)9-16(19(26)27-4)23-18(25)17-15(21)10-22-20(24-17)28-11-14-7-5-13(3)6-8-14/h5-8,10,12,16H,9,11H2,1-4H3,(H,23,25)/t16-/m1/s1. The van der Waals surface area contributed by atoms with Crippen molar-refractivity contribution in [1.29, 1.82) is 0 Å². The van der Waals surface area contributed by atoms with Crippen LogP contribution in [0.15, 0.2) is 35.6 Å². The third-order valence-corrected chi connectivity index (χ3v) is 5.13. The highest BCUT2D eigenvalue weighted by atomic mass is 35.5. The molecule has 0 unspecified atom stereocenters. The summed E-state index contributed by atoms with van der Waals surface area (Å²) in [5.41, 5.74) is 2.36. The minimum atomic E-state index is -0.757. The lowest BCUT2D eigenvalue weighted by molar-refractivity contribution is -0.143. The SMILES string of the molecule is COC(=O)[C@@H](CC(C)C)NC(=O)c1nc(SCc2ccc(C)cc2)ncc1Cl. The Morgan fingerprint density at radius 1 is 1.25 bits per heavy atom. The second-order valence-electron chi connectivity index (χ2n) is 6.80. The number of nitrogens with zero attached hydrogens (tertiary/aromatic N) is 2. The van der Waals surface area contributed by atoms with Crippen LogP contribution in [0.25, 0.3) is 0 Å². The molecule has 2 rings (SSSR count). The molecule has 0 spiro atoms. The summed E-state index contributed by atoms with van der Waals surface area (Å²) in [4.78, 5) is 33.0. The molecule has 0 aliphatic rings. The van der Waals surface area contributed by atoms with E-state index in [4.69, 9.17) is 16.3 Å². The fourth-order valence-corrected chi connectivity index (χ4v) is 3.41. The van der Waals surface area contributed by atoms with Gasteiger partial charge in [0, 0.05) is 5.75 Å². The van der Waals surface area contributed by atoms with Crippen LogP contribution < -0.4 is 5.32 Å². The van der Waals surface area contributed by atoms with Gasteiger partial charge in [-0.2, -0.15) is 0 Å². The molecule has 0 saturated carbocycles. The molecule has 8 heteroatoms. The van der Waals surface area contributed by atoms with Crippen molar-refractivity contribution in [2.24, 2.45) is 5.92 Å². The highest BCUT2D eigenvalue weighted by Crippen LogP contribution is 2.22. The Hall–Kier alpha value is -2.12. The van der Waals surface area contributed by atoms with E-state index in [0.29, 0.717) is 17.3 Å². The number of ether oxygens (including phenoxy) is 1. The van der Waals surface area contributed by atoms with E-state index in [-0.39, 0.29) is 16.6 Å². The molecule has 150 valence electrons. The number of esters is 1. The van der Waals surface area contributed by atoms with Crippen molar-refractivity contribution in [3.8, 4) is 0 Å². The number of benzene rings is 1. The number of rotatable bonds is 8. The Morgan fingerprint density at radius 2 is 1.93 bits per heavy atom. The van der Waals surface area contributed by atoms with Crippen LogP contribution in [0.3, 0.4) is 0 Å². The summed E-state index contributed by atoms with van der Waals surface area (Å²) in [6.45, 7) is 5.95. The zero-order chi connectivity index (χ0) is 20.7. The number of hydrogen-bond donors (Lipinski definition) is 1. The lowest BCUT2D eigenvalue weighted by atomic mass is 10.0. The molecule has 0 radical (unpaired) electrons. The molecule has 28 heavy (non-hydrogen) atoms. The van der Waals surface area contributed by atoms with Crippen molar-refractivity contribution in [3.05, 3.63) is 52.3 Å². The molecular formula is C20H24ClN3O3S. The molecule has 0 aliphatic carbocycles. The van der Waals surface area contributed by atoms with E-state index in [2.05, 4.69) is 15.3 Å². The summed E-state index contributed by atoms with van der Waals surface area (Å²) in [7, 11) is 1.29. The maximum Gasteiger partial charge on any atom is 0.328 e. The highest BCUT2D eigenvalue weighted by Gasteiger charge is 2.25. The van der Waals surface area contributed by atoms with Gasteiger partial charge < -0.3 is 10.1 Å². The summed E-state index contributed by atoms with van der Waals surface area (Å²) in [6.07, 6.45) is 1.85. The van der Waals surface area contributed by atoms with Crippen LogP contribution in [0, 0.1) is 12.8 Å². The van der Waals surface area contributed by atoms with E-state index in [1.54, 1.807) is 0 Å². The Labute approximate surface area is 174 Å². The normalized spacial score (nSPS) is 11.9. The van der Waals surface area contributed by atoms with Crippen LogP contribution in [0.4, 0.5) is 0 Å². The van der Waals surface area contributed by atoms with Crippen LogP contribution in [0.2, 0.25) is 5.02 Å². The lowest BCUT2D eigenvalue weighted by Crippen LogP contribution is -2.42. The van der Waals surface area contributed by atoms with Gasteiger partial charge in [-0.15, -0.1) is 0 Å². The van der Waals surface area contributed by atoms with E-state index in [0.717, 1.165) is 5.56 Å². The van der Waals surface area contributed by atoms with Gasteiger partial charge in [0.15, 0.2) is 10.9 Å². The van der Waals surface area contributed by atoms with Gasteiger partial charge in [0.25, 0.3) is 5.91 Å². The number of aryl methyl sites for hydroxylation is 1. The Morgan fingerprint density at radius 3 is 2.54 bits per heavy atom. The fourth-order valence-electron chi connectivity index (χ4n) is 2.47. The molecule has 1 atom stereocenters. The van der Waals surface area contributed by atoms with Crippen LogP contribution in [0.5, 0.6) is 0 Å². The number of carbonyl (C=O) groups is 2. The Bertz CT molecular complexity index is 828. The molecule has 0 fully saturated rings. The van der Waals surface area contributed by atoms with E-state index < -0.39 is 17.9 Å². The van der Waals surface area contributed by atoms with Gasteiger partial charge in [-0.25, -0.2) is 14.8 Å². The molecule has 2 aromatic rings. The van der Waals surface area contributed by atoms with E-state index in [1.165, 1.54) is 30.6 Å². The summed E-state index contributed by atoms with van der Waals surface area (Å²) in [5, 5.41) is 3.23. The lowest BCUT2D eigenvalue weighted by Gasteiger charge is -2.18. The quantitative estimate of drug-likeness (QED) is 0.393. The molecule has 1 heterocycles. The second kappa shape index (κ2) is 10.4. The first-order valence-corrected chi connectivity index (χ1v) is 10.3. The predicted molar refractivity (Wildman–Crippen MR) is 111 cm³/mol. The van der Waals surface area contributed by atoms with Crippen molar-refractivity contribution in [1.82, 2.24) is 15.3 Å². The maximum atomic E-state index is 12.6. The zero-order valence-electron chi connectivity index (χ0n) is 16.4. The van der Waals surface area contributed by atoms with E-state index in [1.807, 2.05) is 45.0 Å². The van der Waals surface area contributed by atoms with Crippen molar-refractivity contribution in [2.75, 3.05) is 7.11 Å². The van der Waals surface area contributed by atoms with Gasteiger partial charge in [-0.3, -0.25) is 4.79 Å². The summed E-state index contributed by atoms with van der Waals surface area (Å²) in [6, 6.07) is 7.41. The highest BCUT2D eigenvalue weighted by molar-refractivity contribution is 7.98. The van der Waals surface area contributed by atoms with Crippen molar-refractivity contribution < 1.29 is 14.3 Å². The topological polar surface area (TPSA) is 81.2 Å². The van der Waals surface area contributed by atoms with Gasteiger partial charge in [-0.1, -0.05) is 67.0 Å². The Kier molecular flexibility index (Phi) is 8.26. The first kappa shape index (κ1) is 22.2. The molecule has 6 nitrogen and oxygen atoms in total. The average Bonchev–Trinajstić information content (AvgIpc) is 2.67. The number of aromatic nitrogens is 2. The number of hydrogen-bond acceptors (Lipinski definition) is 6. The minimum absolute atomic E-state index is 0.0423. The first-order chi connectivity index (χ1) is 13.3. The van der Waals surface area contributed by atoms with Gasteiger partial charge in [0.1, 0.15) is 6.04 Å². The molecule has 1 aromatic heterocycles. The minimum Gasteiger partial charge on any atom is -0.467 e. The van der Waals surface area contributed by atoms with Gasteiger partial charge in [0.2, 0.25) is 0 Å². The molecule has 0 saturated heterocycles. The zero-order valence-corrected chi connectivity index (χ0v) is 17.9. The monoisotopic (exact) mass is 421 g/mol.